The third kappa shape index (κ3) is 3.01. The molecule has 0 aliphatic heterocycles. The number of nitrogens with zero attached hydrogens (tertiary/aromatic N) is 3. The summed E-state index contributed by atoms with van der Waals surface area (Å²) in [5.74, 6) is 0.929. The fourth-order valence-corrected chi connectivity index (χ4v) is 2.20. The number of rotatable bonds is 4. The van der Waals surface area contributed by atoms with Crippen molar-refractivity contribution in [3.63, 3.8) is 0 Å². The number of aryl methyl sites for hydroxylation is 1. The summed E-state index contributed by atoms with van der Waals surface area (Å²) in [6.45, 7) is 3.33. The molecule has 2 aromatic rings. The van der Waals surface area contributed by atoms with Crippen LogP contribution in [0.25, 0.3) is 0 Å². The van der Waals surface area contributed by atoms with E-state index in [-0.39, 0.29) is 0 Å². The Kier molecular flexibility index (Phi) is 3.71. The molecule has 0 aliphatic rings. The first-order valence-corrected chi connectivity index (χ1v) is 6.34. The van der Waals surface area contributed by atoms with Crippen LogP contribution >= 0.6 is 11.3 Å². The second-order valence-corrected chi connectivity index (χ2v) is 5.00. The van der Waals surface area contributed by atoms with E-state index in [1.807, 2.05) is 26.1 Å². The van der Waals surface area contributed by atoms with Gasteiger partial charge >= 0.3 is 0 Å². The average Bonchev–Trinajstić information content (AvgIpc) is 2.75. The van der Waals surface area contributed by atoms with Crippen molar-refractivity contribution in [1.29, 1.82) is 0 Å². The molecule has 2 heterocycles. The van der Waals surface area contributed by atoms with E-state index in [1.54, 1.807) is 17.5 Å². The summed E-state index contributed by atoms with van der Waals surface area (Å²) < 4.78 is 0. The molecule has 0 atom stereocenters. The summed E-state index contributed by atoms with van der Waals surface area (Å²) in [5, 5.41) is 3.18. The summed E-state index contributed by atoms with van der Waals surface area (Å²) in [6.07, 6.45) is 1.79. The number of aromatic nitrogens is 2. The number of hydrogen-bond acceptors (Lipinski definition) is 5. The van der Waals surface area contributed by atoms with Crippen molar-refractivity contribution in [3.8, 4) is 0 Å². The molecular formula is C12H16N4S. The lowest BCUT2D eigenvalue weighted by Crippen LogP contribution is -2.18. The van der Waals surface area contributed by atoms with Crippen LogP contribution in [0.1, 0.15) is 16.3 Å². The summed E-state index contributed by atoms with van der Waals surface area (Å²) in [6, 6.07) is 3.95. The minimum atomic E-state index is 0.541. The van der Waals surface area contributed by atoms with Crippen molar-refractivity contribution >= 4 is 17.2 Å². The molecule has 5 heteroatoms. The maximum absolute atomic E-state index is 5.62. The Morgan fingerprint density at radius 1 is 1.47 bits per heavy atom. The van der Waals surface area contributed by atoms with Gasteiger partial charge in [-0.3, -0.25) is 0 Å². The van der Waals surface area contributed by atoms with Gasteiger partial charge in [0.2, 0.25) is 0 Å². The Labute approximate surface area is 105 Å². The van der Waals surface area contributed by atoms with Crippen LogP contribution in [0, 0.1) is 6.92 Å². The number of pyridine rings is 1. The highest BCUT2D eigenvalue weighted by atomic mass is 32.1. The molecule has 0 bridgehead atoms. The zero-order chi connectivity index (χ0) is 12.3. The molecule has 90 valence electrons. The Hall–Kier alpha value is -1.46. The van der Waals surface area contributed by atoms with Crippen molar-refractivity contribution in [3.05, 3.63) is 40.0 Å². The van der Waals surface area contributed by atoms with Gasteiger partial charge in [0, 0.05) is 25.2 Å². The number of hydrogen-bond donors (Lipinski definition) is 1. The van der Waals surface area contributed by atoms with Gasteiger partial charge < -0.3 is 10.6 Å². The second-order valence-electron chi connectivity index (χ2n) is 3.94. The smallest absolute Gasteiger partial charge is 0.128 e. The fraction of sp³-hybridized carbons (Fsp3) is 0.333. The first-order valence-electron chi connectivity index (χ1n) is 5.46. The van der Waals surface area contributed by atoms with Crippen LogP contribution < -0.4 is 10.6 Å². The monoisotopic (exact) mass is 248 g/mol. The Morgan fingerprint density at radius 2 is 2.29 bits per heavy atom. The Balaban J connectivity index is 2.11. The van der Waals surface area contributed by atoms with Crippen molar-refractivity contribution in [2.45, 2.75) is 20.0 Å². The Bertz CT molecular complexity index is 495. The molecule has 2 N–H and O–H groups in total. The molecule has 0 saturated heterocycles. The predicted octanol–water partition coefficient (Wildman–Crippen LogP) is 1.94. The van der Waals surface area contributed by atoms with Gasteiger partial charge in [0.1, 0.15) is 5.82 Å². The van der Waals surface area contributed by atoms with E-state index in [0.717, 1.165) is 28.6 Å². The van der Waals surface area contributed by atoms with Gasteiger partial charge in [0.15, 0.2) is 0 Å². The van der Waals surface area contributed by atoms with E-state index in [0.29, 0.717) is 6.54 Å². The minimum absolute atomic E-state index is 0.541. The molecule has 0 aromatic carbocycles. The minimum Gasteiger partial charge on any atom is -0.354 e. The van der Waals surface area contributed by atoms with E-state index < -0.39 is 0 Å². The third-order valence-electron chi connectivity index (χ3n) is 2.50. The van der Waals surface area contributed by atoms with Gasteiger partial charge in [0.05, 0.1) is 17.2 Å². The van der Waals surface area contributed by atoms with Crippen molar-refractivity contribution in [2.24, 2.45) is 5.73 Å². The van der Waals surface area contributed by atoms with Crippen LogP contribution in [0.3, 0.4) is 0 Å². The third-order valence-corrected chi connectivity index (χ3v) is 3.32. The van der Waals surface area contributed by atoms with E-state index in [9.17, 15) is 0 Å². The van der Waals surface area contributed by atoms with Crippen LogP contribution in [0.2, 0.25) is 0 Å². The zero-order valence-corrected chi connectivity index (χ0v) is 10.9. The van der Waals surface area contributed by atoms with E-state index >= 15 is 0 Å². The molecular weight excluding hydrogens is 232 g/mol. The average molecular weight is 248 g/mol. The lowest BCUT2D eigenvalue weighted by Gasteiger charge is -2.17. The number of nitrogens with two attached hydrogens (primary N) is 1. The maximum atomic E-state index is 5.62. The maximum Gasteiger partial charge on any atom is 0.128 e. The lowest BCUT2D eigenvalue weighted by molar-refractivity contribution is 0.866. The molecule has 0 unspecified atom stereocenters. The largest absolute Gasteiger partial charge is 0.354 e. The summed E-state index contributed by atoms with van der Waals surface area (Å²) in [5.41, 5.74) is 7.79. The number of thiazole rings is 1. The molecule has 0 spiro atoms. The first kappa shape index (κ1) is 12.0. The van der Waals surface area contributed by atoms with E-state index in [2.05, 4.69) is 20.2 Å². The Morgan fingerprint density at radius 3 is 2.94 bits per heavy atom. The number of anilines is 1. The molecule has 0 radical (unpaired) electrons. The van der Waals surface area contributed by atoms with Gasteiger partial charge in [-0.2, -0.15) is 0 Å². The molecule has 0 aliphatic carbocycles. The summed E-state index contributed by atoms with van der Waals surface area (Å²) in [7, 11) is 2.01. The molecule has 17 heavy (non-hydrogen) atoms. The van der Waals surface area contributed by atoms with Gasteiger partial charge in [-0.1, -0.05) is 0 Å². The molecule has 2 aromatic heterocycles. The molecule has 0 amide bonds. The summed E-state index contributed by atoms with van der Waals surface area (Å²) >= 11 is 1.67. The highest BCUT2D eigenvalue weighted by Gasteiger charge is 2.06. The molecule has 2 rings (SSSR count). The van der Waals surface area contributed by atoms with Gasteiger partial charge in [0.25, 0.3) is 0 Å². The second kappa shape index (κ2) is 5.25. The van der Waals surface area contributed by atoms with Crippen LogP contribution in [0.15, 0.2) is 23.7 Å². The standard InChI is InChI=1S/C12H16N4S/c1-9-15-11(8-17-9)7-16(2)12-5-10(6-13)3-4-14-12/h3-5,8H,6-7,13H2,1-2H3. The molecule has 0 saturated carbocycles. The highest BCUT2D eigenvalue weighted by Crippen LogP contribution is 2.15. The van der Waals surface area contributed by atoms with Crippen molar-refractivity contribution < 1.29 is 0 Å². The van der Waals surface area contributed by atoms with Crippen LogP contribution in [0.4, 0.5) is 5.82 Å². The SMILES string of the molecule is Cc1nc(CN(C)c2cc(CN)ccn2)cs1. The highest BCUT2D eigenvalue weighted by molar-refractivity contribution is 7.09. The van der Waals surface area contributed by atoms with Gasteiger partial charge in [-0.25, -0.2) is 9.97 Å². The lowest BCUT2D eigenvalue weighted by atomic mass is 10.2. The van der Waals surface area contributed by atoms with E-state index in [4.69, 9.17) is 5.73 Å². The zero-order valence-electron chi connectivity index (χ0n) is 10.1. The fourth-order valence-electron chi connectivity index (χ4n) is 1.60. The molecule has 0 fully saturated rings. The van der Waals surface area contributed by atoms with Crippen molar-refractivity contribution in [1.82, 2.24) is 9.97 Å². The van der Waals surface area contributed by atoms with E-state index in [1.165, 1.54) is 0 Å². The van der Waals surface area contributed by atoms with Gasteiger partial charge in [-0.15, -0.1) is 11.3 Å². The quantitative estimate of drug-likeness (QED) is 0.898. The van der Waals surface area contributed by atoms with Crippen LogP contribution in [0.5, 0.6) is 0 Å². The summed E-state index contributed by atoms with van der Waals surface area (Å²) in [4.78, 5) is 10.9. The predicted molar refractivity (Wildman–Crippen MR) is 71.1 cm³/mol. The first-order chi connectivity index (χ1) is 8.19. The van der Waals surface area contributed by atoms with Gasteiger partial charge in [-0.05, 0) is 24.6 Å². The van der Waals surface area contributed by atoms with Crippen LogP contribution in [-0.4, -0.2) is 17.0 Å². The van der Waals surface area contributed by atoms with Crippen LogP contribution in [-0.2, 0) is 13.1 Å². The normalized spacial score (nSPS) is 10.5. The topological polar surface area (TPSA) is 55.0 Å². The molecule has 4 nitrogen and oxygen atoms in total. The van der Waals surface area contributed by atoms with Crippen molar-refractivity contribution in [2.75, 3.05) is 11.9 Å².